The van der Waals surface area contributed by atoms with Gasteiger partial charge in [-0.05, 0) is 73.0 Å². The Morgan fingerprint density at radius 2 is 1.90 bits per heavy atom. The summed E-state index contributed by atoms with van der Waals surface area (Å²) in [5.41, 5.74) is 1.45. The minimum atomic E-state index is 0.243. The van der Waals surface area contributed by atoms with Crippen LogP contribution < -0.4 is 5.32 Å². The number of rotatable bonds is 4. The lowest BCUT2D eigenvalue weighted by Gasteiger charge is -2.33. The van der Waals surface area contributed by atoms with Gasteiger partial charge in [0.05, 0.1) is 12.2 Å². The van der Waals surface area contributed by atoms with E-state index in [1.165, 1.54) is 41.5 Å². The van der Waals surface area contributed by atoms with Crippen LogP contribution in [-0.4, -0.2) is 35.1 Å². The quantitative estimate of drug-likeness (QED) is 0.923. The molecule has 4 heteroatoms. The third-order valence-corrected chi connectivity index (χ3v) is 5.12. The summed E-state index contributed by atoms with van der Waals surface area (Å²) in [7, 11) is 0. The Morgan fingerprint density at radius 3 is 2.40 bits per heavy atom. The van der Waals surface area contributed by atoms with Gasteiger partial charge in [-0.15, -0.1) is 11.3 Å². The Bertz CT molecular complexity index is 406. The highest BCUT2D eigenvalue weighted by molar-refractivity contribution is 7.11. The van der Waals surface area contributed by atoms with Crippen LogP contribution in [0, 0.1) is 19.8 Å². The zero-order valence-corrected chi connectivity index (χ0v) is 14.4. The van der Waals surface area contributed by atoms with Gasteiger partial charge in [-0.25, -0.2) is 4.98 Å². The maximum absolute atomic E-state index is 4.66. The number of hydrogen-bond donors (Lipinski definition) is 1. The SMILES string of the molecule is Cc1nc(CN2CCC(CNC(C)(C)C)CC2)sc1C. The summed E-state index contributed by atoms with van der Waals surface area (Å²) in [5, 5.41) is 4.92. The average molecular weight is 295 g/mol. The first-order chi connectivity index (χ1) is 9.33. The molecular formula is C16H29N3S. The Kier molecular flexibility index (Phi) is 5.21. The van der Waals surface area contributed by atoms with Crippen molar-refractivity contribution in [1.82, 2.24) is 15.2 Å². The average Bonchev–Trinajstić information content (AvgIpc) is 2.66. The summed E-state index contributed by atoms with van der Waals surface area (Å²) in [6, 6.07) is 0. The second-order valence-electron chi connectivity index (χ2n) is 7.10. The molecule has 0 aromatic carbocycles. The van der Waals surface area contributed by atoms with Crippen molar-refractivity contribution < 1.29 is 0 Å². The molecule has 2 heterocycles. The molecule has 0 bridgehead atoms. The zero-order chi connectivity index (χ0) is 14.8. The van der Waals surface area contributed by atoms with Crippen LogP contribution in [0.4, 0.5) is 0 Å². The number of hydrogen-bond acceptors (Lipinski definition) is 4. The number of aromatic nitrogens is 1. The molecule has 0 aliphatic carbocycles. The lowest BCUT2D eigenvalue weighted by molar-refractivity contribution is 0.170. The first-order valence-corrected chi connectivity index (χ1v) is 8.55. The summed E-state index contributed by atoms with van der Waals surface area (Å²) in [5.74, 6) is 0.838. The first kappa shape index (κ1) is 15.9. The van der Waals surface area contributed by atoms with E-state index in [1.54, 1.807) is 0 Å². The fourth-order valence-corrected chi connectivity index (χ4v) is 3.57. The van der Waals surface area contributed by atoms with Crippen molar-refractivity contribution in [2.24, 2.45) is 5.92 Å². The molecule has 0 radical (unpaired) electrons. The smallest absolute Gasteiger partial charge is 0.107 e. The van der Waals surface area contributed by atoms with E-state index in [0.29, 0.717) is 0 Å². The third kappa shape index (κ3) is 4.83. The second-order valence-corrected chi connectivity index (χ2v) is 8.39. The molecule has 1 aromatic heterocycles. The fourth-order valence-electron chi connectivity index (χ4n) is 2.60. The van der Waals surface area contributed by atoms with Gasteiger partial charge < -0.3 is 5.32 Å². The summed E-state index contributed by atoms with van der Waals surface area (Å²) in [4.78, 5) is 8.58. The number of aryl methyl sites for hydroxylation is 2. The summed E-state index contributed by atoms with van der Waals surface area (Å²) >= 11 is 1.86. The molecule has 0 amide bonds. The van der Waals surface area contributed by atoms with Crippen molar-refractivity contribution in [1.29, 1.82) is 0 Å². The van der Waals surface area contributed by atoms with Crippen LogP contribution in [0.1, 0.15) is 49.2 Å². The molecule has 3 nitrogen and oxygen atoms in total. The highest BCUT2D eigenvalue weighted by atomic mass is 32.1. The minimum absolute atomic E-state index is 0.243. The standard InChI is InChI=1S/C16H29N3S/c1-12-13(2)20-15(18-12)11-19-8-6-14(7-9-19)10-17-16(3,4)5/h14,17H,6-11H2,1-5H3. The van der Waals surface area contributed by atoms with E-state index in [1.807, 2.05) is 11.3 Å². The van der Waals surface area contributed by atoms with Crippen molar-refractivity contribution >= 4 is 11.3 Å². The minimum Gasteiger partial charge on any atom is -0.312 e. The van der Waals surface area contributed by atoms with Crippen LogP contribution in [0.5, 0.6) is 0 Å². The molecule has 1 aromatic rings. The Balaban J connectivity index is 1.74. The molecule has 0 atom stereocenters. The lowest BCUT2D eigenvalue weighted by Crippen LogP contribution is -2.42. The van der Waals surface area contributed by atoms with Crippen molar-refractivity contribution in [2.45, 2.75) is 59.5 Å². The maximum atomic E-state index is 4.66. The summed E-state index contributed by atoms with van der Waals surface area (Å²) in [6.07, 6.45) is 2.62. The van der Waals surface area contributed by atoms with Crippen molar-refractivity contribution in [3.05, 3.63) is 15.6 Å². The van der Waals surface area contributed by atoms with E-state index >= 15 is 0 Å². The Hall–Kier alpha value is -0.450. The Morgan fingerprint density at radius 1 is 1.25 bits per heavy atom. The zero-order valence-electron chi connectivity index (χ0n) is 13.6. The van der Waals surface area contributed by atoms with Gasteiger partial charge >= 0.3 is 0 Å². The predicted molar refractivity (Wildman–Crippen MR) is 87.3 cm³/mol. The van der Waals surface area contributed by atoms with Gasteiger partial charge in [0.15, 0.2) is 0 Å². The van der Waals surface area contributed by atoms with E-state index in [9.17, 15) is 0 Å². The largest absolute Gasteiger partial charge is 0.312 e. The van der Waals surface area contributed by atoms with Crippen LogP contribution >= 0.6 is 11.3 Å². The highest BCUT2D eigenvalue weighted by Crippen LogP contribution is 2.22. The van der Waals surface area contributed by atoms with Gasteiger partial charge in [0.2, 0.25) is 0 Å². The Labute approximate surface area is 127 Å². The molecule has 0 spiro atoms. The van der Waals surface area contributed by atoms with Crippen LogP contribution in [0.3, 0.4) is 0 Å². The maximum Gasteiger partial charge on any atom is 0.107 e. The highest BCUT2D eigenvalue weighted by Gasteiger charge is 2.21. The number of nitrogens with zero attached hydrogens (tertiary/aromatic N) is 2. The number of likely N-dealkylation sites (tertiary alicyclic amines) is 1. The van der Waals surface area contributed by atoms with E-state index < -0.39 is 0 Å². The molecule has 1 aliphatic rings. The topological polar surface area (TPSA) is 28.2 Å². The lowest BCUT2D eigenvalue weighted by atomic mass is 9.95. The van der Waals surface area contributed by atoms with Gasteiger partial charge in [-0.3, -0.25) is 4.90 Å². The summed E-state index contributed by atoms with van der Waals surface area (Å²) < 4.78 is 0. The molecular weight excluding hydrogens is 266 g/mol. The molecule has 1 N–H and O–H groups in total. The fraction of sp³-hybridized carbons (Fsp3) is 0.812. The van der Waals surface area contributed by atoms with E-state index in [-0.39, 0.29) is 5.54 Å². The van der Waals surface area contributed by atoms with Gasteiger partial charge in [0.1, 0.15) is 5.01 Å². The molecule has 1 fully saturated rings. The predicted octanol–water partition coefficient (Wildman–Crippen LogP) is 3.36. The van der Waals surface area contributed by atoms with Crippen molar-refractivity contribution in [3.63, 3.8) is 0 Å². The normalized spacial score (nSPS) is 18.6. The third-order valence-electron chi connectivity index (χ3n) is 4.06. The molecule has 20 heavy (non-hydrogen) atoms. The van der Waals surface area contributed by atoms with E-state index in [4.69, 9.17) is 0 Å². The van der Waals surface area contributed by atoms with Crippen LogP contribution in [0.25, 0.3) is 0 Å². The van der Waals surface area contributed by atoms with Gasteiger partial charge in [0.25, 0.3) is 0 Å². The monoisotopic (exact) mass is 295 g/mol. The van der Waals surface area contributed by atoms with Gasteiger partial charge in [0, 0.05) is 10.4 Å². The van der Waals surface area contributed by atoms with Crippen LogP contribution in [0.15, 0.2) is 0 Å². The number of nitrogens with one attached hydrogen (secondary N) is 1. The van der Waals surface area contributed by atoms with E-state index in [2.05, 4.69) is 49.8 Å². The molecule has 0 unspecified atom stereocenters. The molecule has 114 valence electrons. The van der Waals surface area contributed by atoms with Gasteiger partial charge in [-0.2, -0.15) is 0 Å². The first-order valence-electron chi connectivity index (χ1n) is 7.74. The van der Waals surface area contributed by atoms with Crippen LogP contribution in [-0.2, 0) is 6.54 Å². The number of piperidine rings is 1. The molecule has 0 saturated carbocycles. The number of thiazole rings is 1. The van der Waals surface area contributed by atoms with Gasteiger partial charge in [-0.1, -0.05) is 0 Å². The summed E-state index contributed by atoms with van der Waals surface area (Å²) in [6.45, 7) is 15.6. The van der Waals surface area contributed by atoms with Crippen LogP contribution in [0.2, 0.25) is 0 Å². The second kappa shape index (κ2) is 6.54. The molecule has 1 aliphatic heterocycles. The molecule has 1 saturated heterocycles. The van der Waals surface area contributed by atoms with Crippen molar-refractivity contribution in [3.8, 4) is 0 Å². The van der Waals surface area contributed by atoms with E-state index in [0.717, 1.165) is 19.0 Å². The molecule has 2 rings (SSSR count). The van der Waals surface area contributed by atoms with Crippen molar-refractivity contribution in [2.75, 3.05) is 19.6 Å².